The van der Waals surface area contributed by atoms with Crippen LogP contribution in [0, 0.1) is 5.92 Å². The molecule has 0 spiro atoms. The minimum atomic E-state index is -0.517. The Hall–Kier alpha value is -1.35. The third-order valence-corrected chi connectivity index (χ3v) is 4.33. The second-order valence-corrected chi connectivity index (χ2v) is 5.72. The lowest BCUT2D eigenvalue weighted by atomic mass is 9.77. The third kappa shape index (κ3) is 2.15. The Bertz CT molecular complexity index is 467. The molecule has 1 saturated carbocycles. The minimum absolute atomic E-state index is 0.197. The van der Waals surface area contributed by atoms with Crippen LogP contribution in [0.15, 0.2) is 24.3 Å². The van der Waals surface area contributed by atoms with Gasteiger partial charge in [-0.3, -0.25) is 4.79 Å². The molecule has 1 fully saturated rings. The van der Waals surface area contributed by atoms with Crippen LogP contribution in [-0.2, 0) is 17.6 Å². The van der Waals surface area contributed by atoms with Gasteiger partial charge in [0.05, 0.1) is 0 Å². The van der Waals surface area contributed by atoms with Gasteiger partial charge in [-0.15, -0.1) is 0 Å². The van der Waals surface area contributed by atoms with Crippen LogP contribution in [0.4, 0.5) is 0 Å². The molecule has 18 heavy (non-hydrogen) atoms. The Kier molecular flexibility index (Phi) is 2.86. The van der Waals surface area contributed by atoms with E-state index in [0.29, 0.717) is 0 Å². The van der Waals surface area contributed by atoms with Gasteiger partial charge in [0, 0.05) is 0 Å². The zero-order chi connectivity index (χ0) is 12.6. The predicted octanol–water partition coefficient (Wildman–Crippen LogP) is 1.40. The molecule has 3 heteroatoms. The Balaban J connectivity index is 1.81. The second-order valence-electron chi connectivity index (χ2n) is 5.72. The summed E-state index contributed by atoms with van der Waals surface area (Å²) in [7, 11) is 0. The molecular formula is C15H20N2O. The van der Waals surface area contributed by atoms with Gasteiger partial charge in [0.2, 0.25) is 5.91 Å². The van der Waals surface area contributed by atoms with Crippen LogP contribution >= 0.6 is 0 Å². The molecule has 0 saturated heterocycles. The van der Waals surface area contributed by atoms with Crippen molar-refractivity contribution < 1.29 is 4.79 Å². The molecule has 3 N–H and O–H groups in total. The normalized spacial score (nSPS) is 26.7. The smallest absolute Gasteiger partial charge is 0.238 e. The van der Waals surface area contributed by atoms with E-state index in [2.05, 4.69) is 23.5 Å². The van der Waals surface area contributed by atoms with Crippen molar-refractivity contribution in [1.82, 2.24) is 5.32 Å². The van der Waals surface area contributed by atoms with Crippen LogP contribution in [0.1, 0.15) is 30.4 Å². The van der Waals surface area contributed by atoms with E-state index in [0.717, 1.165) is 31.7 Å². The summed E-state index contributed by atoms with van der Waals surface area (Å²) < 4.78 is 0. The van der Waals surface area contributed by atoms with Crippen molar-refractivity contribution in [3.8, 4) is 0 Å². The third-order valence-electron chi connectivity index (χ3n) is 4.33. The lowest BCUT2D eigenvalue weighted by Gasteiger charge is -2.36. The molecule has 1 atom stereocenters. The maximum absolute atomic E-state index is 11.9. The monoisotopic (exact) mass is 244 g/mol. The van der Waals surface area contributed by atoms with Gasteiger partial charge in [-0.25, -0.2) is 0 Å². The Labute approximate surface area is 108 Å². The molecule has 1 aromatic rings. The first-order valence-corrected chi connectivity index (χ1v) is 6.81. The number of hydrogen-bond acceptors (Lipinski definition) is 2. The molecule has 2 aliphatic carbocycles. The standard InChI is InChI=1S/C15H20N2O/c16-14(18)15(17-10-11-5-6-11)8-7-12-3-1-2-4-13(12)9-15/h1-4,11,17H,5-10H2,(H2,16,18). The average Bonchev–Trinajstić information content (AvgIpc) is 3.20. The summed E-state index contributed by atoms with van der Waals surface area (Å²) in [5.74, 6) is 0.566. The van der Waals surface area contributed by atoms with E-state index < -0.39 is 5.54 Å². The highest BCUT2D eigenvalue weighted by atomic mass is 16.1. The molecule has 0 aliphatic heterocycles. The molecule has 1 aromatic carbocycles. The van der Waals surface area contributed by atoms with Gasteiger partial charge < -0.3 is 11.1 Å². The van der Waals surface area contributed by atoms with E-state index in [1.54, 1.807) is 0 Å². The fourth-order valence-corrected chi connectivity index (χ4v) is 2.85. The van der Waals surface area contributed by atoms with Crippen LogP contribution < -0.4 is 11.1 Å². The number of fused-ring (bicyclic) bond motifs is 1. The van der Waals surface area contributed by atoms with Gasteiger partial charge in [0.1, 0.15) is 5.54 Å². The van der Waals surface area contributed by atoms with E-state index in [-0.39, 0.29) is 5.91 Å². The fraction of sp³-hybridized carbons (Fsp3) is 0.533. The summed E-state index contributed by atoms with van der Waals surface area (Å²) in [5.41, 5.74) is 7.78. The molecule has 0 heterocycles. The van der Waals surface area contributed by atoms with Gasteiger partial charge >= 0.3 is 0 Å². The summed E-state index contributed by atoms with van der Waals surface area (Å²) in [5, 5.41) is 3.46. The van der Waals surface area contributed by atoms with E-state index in [1.807, 2.05) is 6.07 Å². The zero-order valence-corrected chi connectivity index (χ0v) is 10.6. The number of rotatable bonds is 4. The lowest BCUT2D eigenvalue weighted by Crippen LogP contribution is -2.59. The van der Waals surface area contributed by atoms with Gasteiger partial charge in [-0.1, -0.05) is 24.3 Å². The SMILES string of the molecule is NC(=O)C1(NCC2CC2)CCc2ccccc2C1. The van der Waals surface area contributed by atoms with Crippen LogP contribution in [0.5, 0.6) is 0 Å². The lowest BCUT2D eigenvalue weighted by molar-refractivity contribution is -0.125. The summed E-state index contributed by atoms with van der Waals surface area (Å²) in [4.78, 5) is 11.9. The van der Waals surface area contributed by atoms with Crippen LogP contribution in [0.2, 0.25) is 0 Å². The number of hydrogen-bond donors (Lipinski definition) is 2. The number of carbonyl (C=O) groups is 1. The highest BCUT2D eigenvalue weighted by molar-refractivity contribution is 5.85. The molecule has 96 valence electrons. The number of nitrogens with two attached hydrogens (primary N) is 1. The maximum atomic E-state index is 11.9. The van der Waals surface area contributed by atoms with Crippen molar-refractivity contribution in [3.63, 3.8) is 0 Å². The summed E-state index contributed by atoms with van der Waals surface area (Å²) in [6.45, 7) is 0.936. The predicted molar refractivity (Wildman–Crippen MR) is 71.1 cm³/mol. The maximum Gasteiger partial charge on any atom is 0.238 e. The Morgan fingerprint density at radius 1 is 1.33 bits per heavy atom. The van der Waals surface area contributed by atoms with Gasteiger partial charge in [0.25, 0.3) is 0 Å². The van der Waals surface area contributed by atoms with Crippen molar-refractivity contribution in [1.29, 1.82) is 0 Å². The number of benzene rings is 1. The summed E-state index contributed by atoms with van der Waals surface area (Å²) >= 11 is 0. The van der Waals surface area contributed by atoms with Gasteiger partial charge in [-0.05, 0) is 55.7 Å². The van der Waals surface area contributed by atoms with Crippen molar-refractivity contribution >= 4 is 5.91 Å². The minimum Gasteiger partial charge on any atom is -0.368 e. The van der Waals surface area contributed by atoms with Crippen molar-refractivity contribution in [2.24, 2.45) is 11.7 Å². The summed E-state index contributed by atoms with van der Waals surface area (Å²) in [6, 6.07) is 8.37. The van der Waals surface area contributed by atoms with E-state index in [4.69, 9.17) is 5.73 Å². The van der Waals surface area contributed by atoms with Crippen LogP contribution in [-0.4, -0.2) is 18.0 Å². The van der Waals surface area contributed by atoms with Crippen LogP contribution in [0.25, 0.3) is 0 Å². The Morgan fingerprint density at radius 2 is 2.06 bits per heavy atom. The number of aryl methyl sites for hydroxylation is 1. The number of carbonyl (C=O) groups excluding carboxylic acids is 1. The number of nitrogens with one attached hydrogen (secondary N) is 1. The van der Waals surface area contributed by atoms with Gasteiger partial charge in [-0.2, -0.15) is 0 Å². The van der Waals surface area contributed by atoms with Crippen molar-refractivity contribution in [2.75, 3.05) is 6.54 Å². The largest absolute Gasteiger partial charge is 0.368 e. The first kappa shape index (κ1) is 11.7. The second kappa shape index (κ2) is 4.39. The molecule has 0 radical (unpaired) electrons. The number of amides is 1. The molecule has 0 bridgehead atoms. The average molecular weight is 244 g/mol. The summed E-state index contributed by atoms with van der Waals surface area (Å²) in [6.07, 6.45) is 5.09. The quantitative estimate of drug-likeness (QED) is 0.841. The molecule has 0 aromatic heterocycles. The van der Waals surface area contributed by atoms with Crippen molar-refractivity contribution in [2.45, 2.75) is 37.6 Å². The zero-order valence-electron chi connectivity index (χ0n) is 10.6. The molecule has 1 amide bonds. The van der Waals surface area contributed by atoms with E-state index >= 15 is 0 Å². The van der Waals surface area contributed by atoms with Crippen LogP contribution in [0.3, 0.4) is 0 Å². The van der Waals surface area contributed by atoms with Crippen molar-refractivity contribution in [3.05, 3.63) is 35.4 Å². The first-order valence-electron chi connectivity index (χ1n) is 6.81. The van der Waals surface area contributed by atoms with E-state index in [9.17, 15) is 4.79 Å². The fourth-order valence-electron chi connectivity index (χ4n) is 2.85. The molecule has 3 rings (SSSR count). The molecule has 3 nitrogen and oxygen atoms in total. The molecule has 2 aliphatic rings. The molecule has 1 unspecified atom stereocenters. The highest BCUT2D eigenvalue weighted by Crippen LogP contribution is 2.32. The van der Waals surface area contributed by atoms with E-state index in [1.165, 1.54) is 24.0 Å². The highest BCUT2D eigenvalue weighted by Gasteiger charge is 2.40. The Morgan fingerprint density at radius 3 is 2.72 bits per heavy atom. The first-order chi connectivity index (χ1) is 8.70. The van der Waals surface area contributed by atoms with Gasteiger partial charge in [0.15, 0.2) is 0 Å². The molecular weight excluding hydrogens is 224 g/mol. The number of primary amides is 1. The topological polar surface area (TPSA) is 55.1 Å².